The summed E-state index contributed by atoms with van der Waals surface area (Å²) in [6, 6.07) is 26.3. The van der Waals surface area contributed by atoms with Crippen LogP contribution in [-0.2, 0) is 9.09 Å². The molecule has 2 aliphatic carbocycles. The number of hydrogen-bond acceptors (Lipinski definition) is 9. The van der Waals surface area contributed by atoms with E-state index in [0.717, 1.165) is 48.3 Å². The van der Waals surface area contributed by atoms with E-state index >= 15 is 0 Å². The molecule has 56 heavy (non-hydrogen) atoms. The molecule has 4 atom stereocenters. The number of para-hydroxylation sites is 2. The average molecular weight is 873 g/mol. The van der Waals surface area contributed by atoms with Gasteiger partial charge >= 0.3 is 7.82 Å². The van der Waals surface area contributed by atoms with Crippen molar-refractivity contribution in [1.29, 1.82) is 0 Å². The zero-order valence-electron chi connectivity index (χ0n) is 30.6. The van der Waals surface area contributed by atoms with Crippen LogP contribution in [0.25, 0.3) is 0 Å². The number of benzene rings is 4. The number of ether oxygens (including phenoxy) is 4. The van der Waals surface area contributed by atoms with Gasteiger partial charge in [-0.15, -0.1) is 0 Å². The second-order valence-corrected chi connectivity index (χ2v) is 17.0. The third-order valence-corrected chi connectivity index (χ3v) is 11.4. The quantitative estimate of drug-likeness (QED) is 0.0537. The summed E-state index contributed by atoms with van der Waals surface area (Å²) in [5, 5.41) is 11.2. The first-order valence-electron chi connectivity index (χ1n) is 18.1. The Balaban J connectivity index is 0.000000216. The highest BCUT2D eigenvalue weighted by Gasteiger charge is 2.39. The van der Waals surface area contributed by atoms with Gasteiger partial charge in [0, 0.05) is 11.1 Å². The van der Waals surface area contributed by atoms with Gasteiger partial charge in [0.2, 0.25) is 0 Å². The van der Waals surface area contributed by atoms with Crippen molar-refractivity contribution < 1.29 is 42.9 Å². The van der Waals surface area contributed by atoms with Crippen molar-refractivity contribution in [2.45, 2.75) is 61.4 Å². The van der Waals surface area contributed by atoms with E-state index in [1.54, 1.807) is 12.1 Å². The highest BCUT2D eigenvalue weighted by atomic mass is 35.5. The molecule has 0 bridgehead atoms. The van der Waals surface area contributed by atoms with Crippen molar-refractivity contribution in [3.05, 3.63) is 116 Å². The molecular weight excluding hydrogens is 825 g/mol. The first-order valence-corrected chi connectivity index (χ1v) is 21.2. The van der Waals surface area contributed by atoms with Crippen LogP contribution in [0.4, 0.5) is 0 Å². The number of aliphatic hydroxyl groups excluding tert-OH is 1. The Labute approximate surface area is 347 Å². The fourth-order valence-electron chi connectivity index (χ4n) is 6.92. The van der Waals surface area contributed by atoms with Crippen LogP contribution in [0, 0.1) is 0 Å². The van der Waals surface area contributed by atoms with Crippen LogP contribution >= 0.6 is 54.2 Å². The molecule has 0 unspecified atom stereocenters. The van der Waals surface area contributed by atoms with Crippen LogP contribution in [-0.4, -0.2) is 65.6 Å². The molecule has 0 heterocycles. The van der Waals surface area contributed by atoms with Crippen molar-refractivity contribution in [2.24, 2.45) is 11.5 Å². The second-order valence-electron chi connectivity index (χ2n) is 14.2. The zero-order chi connectivity index (χ0) is 40.3. The van der Waals surface area contributed by atoms with E-state index < -0.39 is 18.9 Å². The molecule has 0 amide bonds. The van der Waals surface area contributed by atoms with E-state index in [2.05, 4.69) is 4.52 Å². The highest BCUT2D eigenvalue weighted by Crippen LogP contribution is 2.46. The highest BCUT2D eigenvalue weighted by molar-refractivity contribution is 7.46. The van der Waals surface area contributed by atoms with Crippen LogP contribution in [0.3, 0.4) is 0 Å². The Kier molecular flexibility index (Phi) is 16.0. The van der Waals surface area contributed by atoms with Crippen LogP contribution < -0.4 is 30.4 Å². The van der Waals surface area contributed by atoms with Crippen LogP contribution in [0.2, 0.25) is 20.1 Å². The van der Waals surface area contributed by atoms with E-state index in [1.807, 2.05) is 72.8 Å². The van der Waals surface area contributed by atoms with Crippen LogP contribution in [0.5, 0.6) is 23.0 Å². The Morgan fingerprint density at radius 2 is 1.00 bits per heavy atom. The summed E-state index contributed by atoms with van der Waals surface area (Å²) in [6.45, 7) is 1.14. The summed E-state index contributed by atoms with van der Waals surface area (Å²) in [6.07, 6.45) is 4.24. The van der Waals surface area contributed by atoms with Gasteiger partial charge in [0.25, 0.3) is 0 Å². The fraction of sp³-hybridized carbons (Fsp3) is 0.400. The number of nitrogens with two attached hydrogens (primary N) is 2. The zero-order valence-corrected chi connectivity index (χ0v) is 34.5. The average Bonchev–Trinajstić information content (AvgIpc) is 3.77. The minimum atomic E-state index is -4.56. The molecule has 2 saturated carbocycles. The lowest BCUT2D eigenvalue weighted by Gasteiger charge is -2.24. The lowest BCUT2D eigenvalue weighted by atomic mass is 9.93. The lowest BCUT2D eigenvalue weighted by Crippen LogP contribution is -2.41. The Bertz CT molecular complexity index is 1880. The number of phosphoric ester groups is 1. The number of hydrogen-bond donors (Lipinski definition) is 5. The molecule has 2 fully saturated rings. The van der Waals surface area contributed by atoms with Gasteiger partial charge in [0.15, 0.2) is 11.5 Å². The summed E-state index contributed by atoms with van der Waals surface area (Å²) in [7, 11) is -4.56. The summed E-state index contributed by atoms with van der Waals surface area (Å²) in [5.74, 6) is 2.70. The minimum absolute atomic E-state index is 0.00638. The van der Waals surface area contributed by atoms with Gasteiger partial charge in [-0.3, -0.25) is 4.52 Å². The maximum Gasteiger partial charge on any atom is 0.469 e. The summed E-state index contributed by atoms with van der Waals surface area (Å²) >= 11 is 25.6. The summed E-state index contributed by atoms with van der Waals surface area (Å²) in [4.78, 5) is 17.8. The first-order chi connectivity index (χ1) is 26.7. The van der Waals surface area contributed by atoms with Gasteiger partial charge in [-0.1, -0.05) is 82.8 Å². The van der Waals surface area contributed by atoms with Crippen molar-refractivity contribution in [1.82, 2.24) is 0 Å². The minimum Gasteiger partial charge on any atom is -0.490 e. The molecule has 11 nitrogen and oxygen atoms in total. The number of halogens is 4. The molecule has 4 aromatic rings. The van der Waals surface area contributed by atoms with Gasteiger partial charge in [0.1, 0.15) is 37.9 Å². The van der Waals surface area contributed by atoms with E-state index in [-0.39, 0.29) is 31.7 Å². The predicted octanol–water partition coefficient (Wildman–Crippen LogP) is 8.93. The maximum atomic E-state index is 11.0. The van der Waals surface area contributed by atoms with Crippen molar-refractivity contribution in [3.63, 3.8) is 0 Å². The number of rotatable bonds is 16. The molecule has 304 valence electrons. The monoisotopic (exact) mass is 870 g/mol. The summed E-state index contributed by atoms with van der Waals surface area (Å²) < 4.78 is 38.2. The van der Waals surface area contributed by atoms with Gasteiger partial charge < -0.3 is 45.3 Å². The Morgan fingerprint density at radius 3 is 1.38 bits per heavy atom. The molecule has 0 radical (unpaired) electrons. The van der Waals surface area contributed by atoms with E-state index in [9.17, 15) is 9.67 Å². The molecule has 0 aliphatic heterocycles. The van der Waals surface area contributed by atoms with Gasteiger partial charge in [-0.25, -0.2) is 4.57 Å². The van der Waals surface area contributed by atoms with Gasteiger partial charge in [0.05, 0.1) is 33.3 Å². The molecule has 6 rings (SSSR count). The van der Waals surface area contributed by atoms with E-state index in [1.165, 1.54) is 0 Å². The van der Waals surface area contributed by atoms with Gasteiger partial charge in [-0.2, -0.15) is 0 Å². The molecule has 2 aliphatic rings. The van der Waals surface area contributed by atoms with Crippen molar-refractivity contribution in [3.8, 4) is 23.0 Å². The van der Waals surface area contributed by atoms with Crippen molar-refractivity contribution >= 4 is 54.2 Å². The third-order valence-electron chi connectivity index (χ3n) is 9.79. The second kappa shape index (κ2) is 20.3. The largest absolute Gasteiger partial charge is 0.490 e. The number of phosphoric acid groups is 1. The topological polar surface area (TPSA) is 176 Å². The first kappa shape index (κ1) is 44.3. The van der Waals surface area contributed by atoms with E-state index in [4.69, 9.17) is 86.6 Å². The Hall–Kier alpha value is -2.77. The molecule has 0 spiro atoms. The third kappa shape index (κ3) is 13.1. The van der Waals surface area contributed by atoms with Crippen molar-refractivity contribution in [2.75, 3.05) is 39.6 Å². The fourth-order valence-corrected chi connectivity index (χ4v) is 8.57. The van der Waals surface area contributed by atoms with Crippen LogP contribution in [0.1, 0.15) is 61.5 Å². The Morgan fingerprint density at radius 1 is 0.625 bits per heavy atom. The molecular formula is C40H47Cl4N2O9P. The van der Waals surface area contributed by atoms with Gasteiger partial charge in [-0.05, 0) is 110 Å². The lowest BCUT2D eigenvalue weighted by molar-refractivity contribution is 0.153. The molecule has 16 heteroatoms. The number of aliphatic hydroxyl groups is 1. The van der Waals surface area contributed by atoms with E-state index in [0.29, 0.717) is 64.3 Å². The predicted molar refractivity (Wildman–Crippen MR) is 220 cm³/mol. The maximum absolute atomic E-state index is 11.0. The smallest absolute Gasteiger partial charge is 0.469 e. The summed E-state index contributed by atoms with van der Waals surface area (Å²) in [5.41, 5.74) is 13.0. The molecule has 0 aromatic heterocycles. The van der Waals surface area contributed by atoms with Crippen LogP contribution in [0.15, 0.2) is 84.9 Å². The standard InChI is InChI=1S/C20H24Cl2NO6P.C20H23Cl2NO3/c21-17-10-15(14-6-7-20(23,12-14)13-29-30(24,25)26)11-18(22)19(17)28-9-8-27-16-4-2-1-3-5-16;21-17-10-15(14-6-7-20(23,12-14)13-24)11-18(22)19(17)26-9-8-25-16-4-2-1-3-5-16/h1-5,10-11,14H,6-9,12-13,23H2,(H2,24,25,26);1-5,10-11,14,24H,6-9,12-13,23H2/t2*14-,20+/m00/s1. The SMILES string of the molecule is N[C@]1(CO)CC[C@H](c2cc(Cl)c(OCCOc3ccccc3)c(Cl)c2)C1.N[C@]1(COP(=O)(O)O)CC[C@H](c2cc(Cl)c(OCCOc3ccccc3)c(Cl)c2)C1. The molecule has 0 saturated heterocycles. The molecule has 7 N–H and O–H groups in total. The molecule has 4 aromatic carbocycles. The normalized spacial score (nSPS) is 21.9.